The van der Waals surface area contributed by atoms with E-state index in [1.54, 1.807) is 54.6 Å². The first kappa shape index (κ1) is 22.9. The van der Waals surface area contributed by atoms with Crippen molar-refractivity contribution in [3.8, 4) is 5.75 Å². The van der Waals surface area contributed by atoms with Crippen LogP contribution in [-0.2, 0) is 11.3 Å². The van der Waals surface area contributed by atoms with Crippen molar-refractivity contribution in [3.05, 3.63) is 118 Å². The monoisotopic (exact) mass is 499 g/mol. The molecule has 0 saturated carbocycles. The predicted octanol–water partition coefficient (Wildman–Crippen LogP) is 6.95. The molecule has 1 saturated heterocycles. The standard InChI is InChI=1S/C28H18ClNO4S/c29-24-11-4-2-7-20(24)17-30-26(31)25(35-28(30)33)16-18-12-14-21(15-13-18)34-27(32)23-10-5-8-19-6-1-3-9-22(19)23/h1-16H,17H2/b25-16-. The van der Waals surface area contributed by atoms with Gasteiger partial charge in [0.15, 0.2) is 0 Å². The van der Waals surface area contributed by atoms with Crippen LogP contribution in [0.15, 0.2) is 95.9 Å². The molecule has 0 radical (unpaired) electrons. The quantitative estimate of drug-likeness (QED) is 0.169. The number of imide groups is 1. The van der Waals surface area contributed by atoms with Crippen molar-refractivity contribution in [2.45, 2.75) is 6.54 Å². The zero-order valence-electron chi connectivity index (χ0n) is 18.3. The number of rotatable bonds is 5. The predicted molar refractivity (Wildman–Crippen MR) is 138 cm³/mol. The molecule has 0 spiro atoms. The molecule has 0 unspecified atom stereocenters. The summed E-state index contributed by atoms with van der Waals surface area (Å²) in [5, 5.41) is 1.94. The molecule has 0 aliphatic carbocycles. The number of hydrogen-bond acceptors (Lipinski definition) is 5. The number of esters is 1. The van der Waals surface area contributed by atoms with E-state index < -0.39 is 5.97 Å². The van der Waals surface area contributed by atoms with Crippen LogP contribution in [0.1, 0.15) is 21.5 Å². The number of carbonyl (C=O) groups excluding carboxylic acids is 3. The average Bonchev–Trinajstić information content (AvgIpc) is 3.13. The molecule has 0 aromatic heterocycles. The fraction of sp³-hybridized carbons (Fsp3) is 0.0357. The molecule has 1 fully saturated rings. The lowest BCUT2D eigenvalue weighted by molar-refractivity contribution is -0.123. The third-order valence-corrected chi connectivity index (χ3v) is 6.83. The van der Waals surface area contributed by atoms with Gasteiger partial charge in [-0.15, -0.1) is 0 Å². The highest BCUT2D eigenvalue weighted by atomic mass is 35.5. The highest BCUT2D eigenvalue weighted by Gasteiger charge is 2.35. The Morgan fingerprint density at radius 3 is 2.40 bits per heavy atom. The van der Waals surface area contributed by atoms with Crippen molar-refractivity contribution in [1.82, 2.24) is 4.90 Å². The summed E-state index contributed by atoms with van der Waals surface area (Å²) in [6.45, 7) is 0.116. The Morgan fingerprint density at radius 2 is 1.60 bits per heavy atom. The molecule has 0 atom stereocenters. The van der Waals surface area contributed by atoms with E-state index in [9.17, 15) is 14.4 Å². The van der Waals surface area contributed by atoms with Crippen LogP contribution in [0.5, 0.6) is 5.75 Å². The molecule has 5 rings (SSSR count). The lowest BCUT2D eigenvalue weighted by Crippen LogP contribution is -2.27. The number of thioether (sulfide) groups is 1. The SMILES string of the molecule is O=C(Oc1ccc(/C=C2\SC(=O)N(Cc3ccccc3Cl)C2=O)cc1)c1cccc2ccccc12. The second-order valence-corrected chi connectivity index (χ2v) is 9.24. The van der Waals surface area contributed by atoms with Crippen LogP contribution < -0.4 is 4.74 Å². The fourth-order valence-corrected chi connectivity index (χ4v) is 4.82. The minimum atomic E-state index is -0.449. The van der Waals surface area contributed by atoms with E-state index in [0.717, 1.165) is 22.5 Å². The molecule has 4 aromatic carbocycles. The first-order valence-electron chi connectivity index (χ1n) is 10.8. The summed E-state index contributed by atoms with van der Waals surface area (Å²) in [5.74, 6) is -0.437. The molecule has 0 N–H and O–H groups in total. The van der Waals surface area contributed by atoms with Crippen LogP contribution in [0, 0.1) is 0 Å². The van der Waals surface area contributed by atoms with Crippen molar-refractivity contribution >= 4 is 57.3 Å². The fourth-order valence-electron chi connectivity index (χ4n) is 3.78. The molecule has 4 aromatic rings. The summed E-state index contributed by atoms with van der Waals surface area (Å²) >= 11 is 7.06. The Hall–Kier alpha value is -3.87. The molecule has 1 aliphatic heterocycles. The van der Waals surface area contributed by atoms with Gasteiger partial charge in [-0.1, -0.05) is 78.3 Å². The van der Waals surface area contributed by atoms with Gasteiger partial charge in [0.25, 0.3) is 11.1 Å². The molecule has 172 valence electrons. The van der Waals surface area contributed by atoms with Crippen LogP contribution in [-0.4, -0.2) is 22.0 Å². The van der Waals surface area contributed by atoms with Gasteiger partial charge in [-0.05, 0) is 64.0 Å². The number of benzene rings is 4. The molecule has 0 bridgehead atoms. The number of halogens is 1. The maximum Gasteiger partial charge on any atom is 0.344 e. The number of ether oxygens (including phenoxy) is 1. The molecule has 7 heteroatoms. The molecule has 2 amide bonds. The summed E-state index contributed by atoms with van der Waals surface area (Å²) in [6.07, 6.45) is 1.65. The van der Waals surface area contributed by atoms with Crippen LogP contribution in [0.4, 0.5) is 4.79 Å². The second kappa shape index (κ2) is 9.78. The summed E-state index contributed by atoms with van der Waals surface area (Å²) < 4.78 is 5.56. The van der Waals surface area contributed by atoms with Gasteiger partial charge >= 0.3 is 5.97 Å². The Morgan fingerprint density at radius 1 is 0.886 bits per heavy atom. The average molecular weight is 500 g/mol. The van der Waals surface area contributed by atoms with Crippen LogP contribution in [0.3, 0.4) is 0 Å². The van der Waals surface area contributed by atoms with Gasteiger partial charge in [0.1, 0.15) is 5.75 Å². The van der Waals surface area contributed by atoms with E-state index in [0.29, 0.717) is 32.4 Å². The van der Waals surface area contributed by atoms with Gasteiger partial charge in [0.05, 0.1) is 17.0 Å². The van der Waals surface area contributed by atoms with E-state index in [2.05, 4.69) is 0 Å². The zero-order valence-corrected chi connectivity index (χ0v) is 19.9. The topological polar surface area (TPSA) is 63.7 Å². The van der Waals surface area contributed by atoms with Crippen molar-refractivity contribution in [2.75, 3.05) is 0 Å². The van der Waals surface area contributed by atoms with Crippen LogP contribution in [0.25, 0.3) is 16.8 Å². The van der Waals surface area contributed by atoms with E-state index in [1.165, 1.54) is 4.90 Å². The van der Waals surface area contributed by atoms with Gasteiger partial charge in [-0.3, -0.25) is 14.5 Å². The molecular formula is C28H18ClNO4S. The van der Waals surface area contributed by atoms with Gasteiger partial charge in [-0.2, -0.15) is 0 Å². The molecule has 1 aliphatic rings. The number of fused-ring (bicyclic) bond motifs is 1. The lowest BCUT2D eigenvalue weighted by Gasteiger charge is -2.13. The molecule has 35 heavy (non-hydrogen) atoms. The zero-order chi connectivity index (χ0) is 24.4. The number of carbonyl (C=O) groups is 3. The van der Waals surface area contributed by atoms with Crippen molar-refractivity contribution < 1.29 is 19.1 Å². The molecule has 1 heterocycles. The van der Waals surface area contributed by atoms with E-state index in [-0.39, 0.29) is 17.7 Å². The van der Waals surface area contributed by atoms with E-state index in [4.69, 9.17) is 16.3 Å². The minimum absolute atomic E-state index is 0.116. The maximum atomic E-state index is 12.8. The van der Waals surface area contributed by atoms with Gasteiger partial charge in [0, 0.05) is 5.02 Å². The number of hydrogen-bond donors (Lipinski definition) is 0. The van der Waals surface area contributed by atoms with Crippen molar-refractivity contribution in [2.24, 2.45) is 0 Å². The molecule has 5 nitrogen and oxygen atoms in total. The Labute approximate surface area is 211 Å². The summed E-state index contributed by atoms with van der Waals surface area (Å²) in [4.78, 5) is 39.5. The van der Waals surface area contributed by atoms with Crippen molar-refractivity contribution in [1.29, 1.82) is 0 Å². The summed E-state index contributed by atoms with van der Waals surface area (Å²) in [5.41, 5.74) is 1.90. The first-order valence-corrected chi connectivity index (χ1v) is 12.0. The van der Waals surface area contributed by atoms with E-state index >= 15 is 0 Å². The number of nitrogens with zero attached hydrogens (tertiary/aromatic N) is 1. The summed E-state index contributed by atoms with van der Waals surface area (Å²) in [7, 11) is 0. The largest absolute Gasteiger partial charge is 0.423 e. The number of amides is 2. The van der Waals surface area contributed by atoms with Crippen LogP contribution >= 0.6 is 23.4 Å². The normalized spacial score (nSPS) is 14.7. The van der Waals surface area contributed by atoms with Gasteiger partial charge < -0.3 is 4.74 Å². The third kappa shape index (κ3) is 4.85. The van der Waals surface area contributed by atoms with Gasteiger partial charge in [-0.25, -0.2) is 4.79 Å². The minimum Gasteiger partial charge on any atom is -0.423 e. The Balaban J connectivity index is 1.29. The molecular weight excluding hydrogens is 482 g/mol. The third-order valence-electron chi connectivity index (χ3n) is 5.56. The van der Waals surface area contributed by atoms with E-state index in [1.807, 2.05) is 42.5 Å². The highest BCUT2D eigenvalue weighted by Crippen LogP contribution is 2.34. The second-order valence-electron chi connectivity index (χ2n) is 7.84. The smallest absolute Gasteiger partial charge is 0.344 e. The maximum absolute atomic E-state index is 12.8. The lowest BCUT2D eigenvalue weighted by atomic mass is 10.0. The first-order chi connectivity index (χ1) is 17.0. The Kier molecular flexibility index (Phi) is 6.40. The van der Waals surface area contributed by atoms with Crippen molar-refractivity contribution in [3.63, 3.8) is 0 Å². The van der Waals surface area contributed by atoms with Crippen LogP contribution in [0.2, 0.25) is 5.02 Å². The van der Waals surface area contributed by atoms with Gasteiger partial charge in [0.2, 0.25) is 0 Å². The Bertz CT molecular complexity index is 1490. The summed E-state index contributed by atoms with van der Waals surface area (Å²) in [6, 6.07) is 27.0. The highest BCUT2D eigenvalue weighted by molar-refractivity contribution is 8.18.